The molecule has 0 saturated carbocycles. The summed E-state index contributed by atoms with van der Waals surface area (Å²) >= 11 is 1.87. The first kappa shape index (κ1) is 25.7. The van der Waals surface area contributed by atoms with Crippen LogP contribution < -0.4 is 0 Å². The van der Waals surface area contributed by atoms with Crippen LogP contribution >= 0.6 is 11.3 Å². The van der Waals surface area contributed by atoms with Gasteiger partial charge in [-0.15, -0.1) is 11.3 Å². The van der Waals surface area contributed by atoms with Crippen LogP contribution in [0.4, 0.5) is 0 Å². The van der Waals surface area contributed by atoms with Crippen LogP contribution in [0.5, 0.6) is 0 Å². The molecule has 4 nitrogen and oxygen atoms in total. The van der Waals surface area contributed by atoms with Crippen molar-refractivity contribution < 1.29 is 0 Å². The van der Waals surface area contributed by atoms with Gasteiger partial charge in [0.1, 0.15) is 5.52 Å². The zero-order valence-corrected chi connectivity index (χ0v) is 26.9. The maximum atomic E-state index is 5.29. The lowest BCUT2D eigenvalue weighted by molar-refractivity contribution is 1.18. The fourth-order valence-electron chi connectivity index (χ4n) is 8.30. The Balaban J connectivity index is 1.23. The monoisotopic (exact) mass is 640 g/mol. The molecule has 12 rings (SSSR count). The molecule has 5 heteroatoms. The van der Waals surface area contributed by atoms with Crippen molar-refractivity contribution >= 4 is 103 Å². The number of para-hydroxylation sites is 4. The summed E-state index contributed by atoms with van der Waals surface area (Å²) in [5.41, 5.74) is 12.0. The second-order valence-electron chi connectivity index (χ2n) is 13.0. The van der Waals surface area contributed by atoms with E-state index < -0.39 is 0 Å². The van der Waals surface area contributed by atoms with E-state index >= 15 is 0 Å². The Bertz CT molecular complexity index is 3330. The highest BCUT2D eigenvalue weighted by molar-refractivity contribution is 7.26. The van der Waals surface area contributed by atoms with E-state index in [0.717, 1.165) is 33.3 Å². The van der Waals surface area contributed by atoms with Crippen molar-refractivity contribution in [3.63, 3.8) is 0 Å². The largest absolute Gasteiger partial charge is 0.309 e. The van der Waals surface area contributed by atoms with Crippen molar-refractivity contribution in [1.29, 1.82) is 0 Å². The van der Waals surface area contributed by atoms with E-state index in [2.05, 4.69) is 142 Å². The molecular weight excluding hydrogens is 617 g/mol. The Morgan fingerprint density at radius 3 is 2.04 bits per heavy atom. The smallest absolute Gasteiger partial charge is 0.165 e. The fourth-order valence-corrected chi connectivity index (χ4v) is 9.54. The van der Waals surface area contributed by atoms with Gasteiger partial charge < -0.3 is 4.57 Å². The van der Waals surface area contributed by atoms with Crippen molar-refractivity contribution in [2.24, 2.45) is 0 Å². The average molecular weight is 641 g/mol. The van der Waals surface area contributed by atoms with Gasteiger partial charge in [0.2, 0.25) is 0 Å². The molecular formula is C44H24N4S. The standard InChI is InChI=1S/C44H24N4S/c1-2-10-27(11-3-1)47-37-16-8-4-12-28(37)29-19-18-25(24-38(29)47)26-22-33-31-20-21-32-30-13-5-9-17-39(30)49-43(32)42(31)48-41(33)34(23-26)40-44(48)46-36-15-7-6-14-35(36)45-40/h1-24H. The molecule has 226 valence electrons. The zero-order valence-electron chi connectivity index (χ0n) is 26.1. The van der Waals surface area contributed by atoms with Crippen molar-refractivity contribution in [2.75, 3.05) is 0 Å². The third kappa shape index (κ3) is 3.32. The Hall–Kier alpha value is -6.30. The van der Waals surface area contributed by atoms with Gasteiger partial charge in [-0.3, -0.25) is 4.40 Å². The summed E-state index contributed by atoms with van der Waals surface area (Å²) in [7, 11) is 0. The first-order valence-electron chi connectivity index (χ1n) is 16.6. The maximum Gasteiger partial charge on any atom is 0.165 e. The van der Waals surface area contributed by atoms with Crippen molar-refractivity contribution in [3.8, 4) is 16.8 Å². The number of aromatic nitrogens is 4. The van der Waals surface area contributed by atoms with E-state index in [9.17, 15) is 0 Å². The van der Waals surface area contributed by atoms with Crippen molar-refractivity contribution in [3.05, 3.63) is 146 Å². The quantitative estimate of drug-likeness (QED) is 0.188. The van der Waals surface area contributed by atoms with Crippen LogP contribution in [0.2, 0.25) is 0 Å². The lowest BCUT2D eigenvalue weighted by atomic mass is 9.99. The molecule has 0 bridgehead atoms. The second-order valence-corrected chi connectivity index (χ2v) is 14.0. The van der Waals surface area contributed by atoms with Crippen molar-refractivity contribution in [2.45, 2.75) is 0 Å². The molecule has 0 unspecified atom stereocenters. The fraction of sp³-hybridized carbons (Fsp3) is 0. The summed E-state index contributed by atoms with van der Waals surface area (Å²) in [5, 5.41) is 8.71. The van der Waals surface area contributed by atoms with Crippen LogP contribution in [0, 0.1) is 0 Å². The lowest BCUT2D eigenvalue weighted by Gasteiger charge is -2.09. The van der Waals surface area contributed by atoms with Gasteiger partial charge in [-0.1, -0.05) is 91.0 Å². The number of rotatable bonds is 2. The summed E-state index contributed by atoms with van der Waals surface area (Å²) < 4.78 is 7.38. The SMILES string of the molecule is c1ccc(-n2c3ccccc3c3ccc(-c4cc5c6ccc7c8ccccc8sc7c6n6c7nc8ccccc8nc7c(c4)c56)cc32)cc1. The summed E-state index contributed by atoms with van der Waals surface area (Å²) in [6.45, 7) is 0. The summed E-state index contributed by atoms with van der Waals surface area (Å²) in [4.78, 5) is 10.6. The first-order chi connectivity index (χ1) is 24.3. The summed E-state index contributed by atoms with van der Waals surface area (Å²) in [6, 6.07) is 52.6. The van der Waals surface area contributed by atoms with Gasteiger partial charge in [0.25, 0.3) is 0 Å². The van der Waals surface area contributed by atoms with Crippen LogP contribution in [-0.2, 0) is 0 Å². The van der Waals surface area contributed by atoms with E-state index in [0.29, 0.717) is 0 Å². The van der Waals surface area contributed by atoms with Crippen LogP contribution in [0.25, 0.3) is 108 Å². The number of benzene rings is 7. The predicted octanol–water partition coefficient (Wildman–Crippen LogP) is 11.9. The Morgan fingerprint density at radius 1 is 0.449 bits per heavy atom. The number of nitrogens with zero attached hydrogens (tertiary/aromatic N) is 4. The lowest BCUT2D eigenvalue weighted by Crippen LogP contribution is -1.93. The maximum absolute atomic E-state index is 5.29. The van der Waals surface area contributed by atoms with Crippen molar-refractivity contribution in [1.82, 2.24) is 18.9 Å². The molecule has 5 aromatic heterocycles. The average Bonchev–Trinajstić information content (AvgIpc) is 3.89. The minimum atomic E-state index is 0.909. The molecule has 0 radical (unpaired) electrons. The van der Waals surface area contributed by atoms with Crippen LogP contribution in [0.1, 0.15) is 0 Å². The number of hydrogen-bond donors (Lipinski definition) is 0. The zero-order chi connectivity index (χ0) is 31.8. The van der Waals surface area contributed by atoms with Crippen LogP contribution in [0.15, 0.2) is 146 Å². The molecule has 0 spiro atoms. The molecule has 0 aliphatic heterocycles. The van der Waals surface area contributed by atoms with Gasteiger partial charge in [0.15, 0.2) is 5.65 Å². The molecule has 7 aromatic carbocycles. The normalized spacial score (nSPS) is 12.5. The second kappa shape index (κ2) is 9.19. The molecule has 5 heterocycles. The van der Waals surface area contributed by atoms with Gasteiger partial charge in [0.05, 0.1) is 37.8 Å². The highest BCUT2D eigenvalue weighted by Gasteiger charge is 2.24. The number of hydrogen-bond acceptors (Lipinski definition) is 3. The van der Waals surface area contributed by atoms with E-state index in [-0.39, 0.29) is 0 Å². The first-order valence-corrected chi connectivity index (χ1v) is 17.4. The number of thiophene rings is 1. The summed E-state index contributed by atoms with van der Waals surface area (Å²) in [6.07, 6.45) is 0. The van der Waals surface area contributed by atoms with Gasteiger partial charge in [-0.05, 0) is 65.7 Å². The topological polar surface area (TPSA) is 35.1 Å². The van der Waals surface area contributed by atoms with Gasteiger partial charge >= 0.3 is 0 Å². The molecule has 0 atom stereocenters. The van der Waals surface area contributed by atoms with Gasteiger partial charge in [0, 0.05) is 48.1 Å². The van der Waals surface area contributed by atoms with E-state index in [1.807, 2.05) is 23.5 Å². The molecule has 0 amide bonds. The van der Waals surface area contributed by atoms with E-state index in [1.54, 1.807) is 0 Å². The van der Waals surface area contributed by atoms with Gasteiger partial charge in [-0.2, -0.15) is 0 Å². The Labute approximate surface area is 283 Å². The van der Waals surface area contributed by atoms with Crippen LogP contribution in [0.3, 0.4) is 0 Å². The highest BCUT2D eigenvalue weighted by Crippen LogP contribution is 2.46. The summed E-state index contributed by atoms with van der Waals surface area (Å²) in [5.74, 6) is 0. The molecule has 0 saturated heterocycles. The highest BCUT2D eigenvalue weighted by atomic mass is 32.1. The molecule has 49 heavy (non-hydrogen) atoms. The molecule has 0 fully saturated rings. The van der Waals surface area contributed by atoms with Gasteiger partial charge in [-0.25, -0.2) is 9.97 Å². The van der Waals surface area contributed by atoms with Crippen LogP contribution in [-0.4, -0.2) is 18.9 Å². The Kier molecular flexibility index (Phi) is 4.83. The molecule has 0 N–H and O–H groups in total. The predicted molar refractivity (Wildman–Crippen MR) is 207 cm³/mol. The minimum Gasteiger partial charge on any atom is -0.309 e. The minimum absolute atomic E-state index is 0.909. The van der Waals surface area contributed by atoms with E-state index in [1.165, 1.54) is 74.9 Å². The third-order valence-corrected chi connectivity index (χ3v) is 11.6. The molecule has 0 aliphatic rings. The number of fused-ring (bicyclic) bond motifs is 14. The van der Waals surface area contributed by atoms with E-state index in [4.69, 9.17) is 9.97 Å². The molecule has 12 aromatic rings. The Morgan fingerprint density at radius 2 is 1.14 bits per heavy atom. The third-order valence-electron chi connectivity index (χ3n) is 10.4. The molecule has 0 aliphatic carbocycles.